The lowest BCUT2D eigenvalue weighted by molar-refractivity contribution is 0.167. The highest BCUT2D eigenvalue weighted by Gasteiger charge is 2.07. The summed E-state index contributed by atoms with van der Waals surface area (Å²) >= 11 is 0. The van der Waals surface area contributed by atoms with E-state index in [0.717, 1.165) is 32.7 Å². The first kappa shape index (κ1) is 14.4. The lowest BCUT2D eigenvalue weighted by atomic mass is 10.2. The lowest BCUT2D eigenvalue weighted by Gasteiger charge is -2.23. The van der Waals surface area contributed by atoms with Crippen LogP contribution in [-0.4, -0.2) is 44.1 Å². The van der Waals surface area contributed by atoms with Crippen LogP contribution in [0.5, 0.6) is 0 Å². The predicted molar refractivity (Wildman–Crippen MR) is 64.3 cm³/mol. The molecule has 0 aliphatic rings. The zero-order valence-corrected chi connectivity index (χ0v) is 10.3. The second kappa shape index (κ2) is 8.68. The minimum absolute atomic E-state index is 0.274. The summed E-state index contributed by atoms with van der Waals surface area (Å²) in [5, 5.41) is 7.21. The van der Waals surface area contributed by atoms with E-state index in [1.165, 1.54) is 0 Å². The maximum Gasteiger partial charge on any atom is 0.0918 e. The van der Waals surface area contributed by atoms with Gasteiger partial charge in [-0.3, -0.25) is 5.41 Å². The Bertz CT molecular complexity index is 171. The molecule has 0 saturated heterocycles. The van der Waals surface area contributed by atoms with E-state index in [-0.39, 0.29) is 5.84 Å². The van der Waals surface area contributed by atoms with E-state index in [1.54, 1.807) is 7.11 Å². The number of hydrogen-bond acceptors (Lipinski definition) is 3. The highest BCUT2D eigenvalue weighted by atomic mass is 16.5. The van der Waals surface area contributed by atoms with E-state index in [2.05, 4.69) is 18.7 Å². The van der Waals surface area contributed by atoms with Crippen molar-refractivity contribution in [1.29, 1.82) is 5.41 Å². The Morgan fingerprint density at radius 3 is 2.53 bits per heavy atom. The van der Waals surface area contributed by atoms with Gasteiger partial charge >= 0.3 is 0 Å². The molecule has 0 atom stereocenters. The molecule has 0 unspecified atom stereocenters. The molecule has 0 aromatic carbocycles. The fourth-order valence-corrected chi connectivity index (χ4v) is 1.52. The topological polar surface area (TPSA) is 62.3 Å². The summed E-state index contributed by atoms with van der Waals surface area (Å²) in [4.78, 5) is 2.35. The first-order valence-electron chi connectivity index (χ1n) is 5.60. The summed E-state index contributed by atoms with van der Waals surface area (Å²) in [6, 6.07) is 0. The molecule has 0 heterocycles. The van der Waals surface area contributed by atoms with Gasteiger partial charge in [-0.05, 0) is 12.3 Å². The Labute approximate surface area is 93.3 Å². The van der Waals surface area contributed by atoms with Crippen LogP contribution in [0.25, 0.3) is 0 Å². The second-order valence-electron chi connectivity index (χ2n) is 4.32. The molecule has 0 rings (SSSR count). The molecule has 0 radical (unpaired) electrons. The fraction of sp³-hybridized carbons (Fsp3) is 0.909. The van der Waals surface area contributed by atoms with Crippen molar-refractivity contribution in [2.24, 2.45) is 11.7 Å². The highest BCUT2D eigenvalue weighted by molar-refractivity contribution is 5.76. The van der Waals surface area contributed by atoms with Crippen LogP contribution in [0, 0.1) is 11.3 Å². The van der Waals surface area contributed by atoms with Crippen molar-refractivity contribution in [2.75, 3.05) is 33.4 Å². The van der Waals surface area contributed by atoms with Crippen molar-refractivity contribution < 1.29 is 4.74 Å². The smallest absolute Gasteiger partial charge is 0.0918 e. The Balaban J connectivity index is 3.78. The van der Waals surface area contributed by atoms with E-state index in [1.807, 2.05) is 0 Å². The SMILES string of the molecule is COCCCN(CCC(=N)N)CC(C)C. The summed E-state index contributed by atoms with van der Waals surface area (Å²) in [6.45, 7) is 8.19. The number of nitrogens with two attached hydrogens (primary N) is 1. The van der Waals surface area contributed by atoms with E-state index < -0.39 is 0 Å². The third-order valence-corrected chi connectivity index (χ3v) is 2.14. The van der Waals surface area contributed by atoms with Gasteiger partial charge in [-0.1, -0.05) is 13.8 Å². The van der Waals surface area contributed by atoms with E-state index in [4.69, 9.17) is 15.9 Å². The molecular weight excluding hydrogens is 190 g/mol. The Morgan fingerprint density at radius 1 is 1.40 bits per heavy atom. The first-order valence-corrected chi connectivity index (χ1v) is 5.60. The average Bonchev–Trinajstić information content (AvgIpc) is 2.13. The molecule has 0 saturated carbocycles. The molecule has 0 bridgehead atoms. The van der Waals surface area contributed by atoms with Crippen LogP contribution in [0.1, 0.15) is 26.7 Å². The van der Waals surface area contributed by atoms with E-state index in [0.29, 0.717) is 12.3 Å². The number of methoxy groups -OCH3 is 1. The van der Waals surface area contributed by atoms with Crippen molar-refractivity contribution in [3.63, 3.8) is 0 Å². The summed E-state index contributed by atoms with van der Waals surface area (Å²) in [5.74, 6) is 0.926. The van der Waals surface area contributed by atoms with Gasteiger partial charge in [0.05, 0.1) is 5.84 Å². The Kier molecular flexibility index (Phi) is 8.33. The monoisotopic (exact) mass is 215 g/mol. The van der Waals surface area contributed by atoms with Gasteiger partial charge in [0, 0.05) is 39.8 Å². The van der Waals surface area contributed by atoms with E-state index >= 15 is 0 Å². The number of nitrogens with one attached hydrogen (secondary N) is 1. The van der Waals surface area contributed by atoms with Gasteiger partial charge in [-0.25, -0.2) is 0 Å². The maximum atomic E-state index is 7.21. The molecule has 0 aliphatic carbocycles. The predicted octanol–water partition coefficient (Wildman–Crippen LogP) is 1.31. The molecule has 3 N–H and O–H groups in total. The first-order chi connectivity index (χ1) is 7.06. The number of ether oxygens (including phenoxy) is 1. The summed E-state index contributed by atoms with van der Waals surface area (Å²) < 4.78 is 5.03. The van der Waals surface area contributed by atoms with Crippen molar-refractivity contribution in [3.05, 3.63) is 0 Å². The zero-order valence-electron chi connectivity index (χ0n) is 10.3. The van der Waals surface area contributed by atoms with Crippen molar-refractivity contribution in [2.45, 2.75) is 26.7 Å². The summed E-state index contributed by atoms with van der Waals surface area (Å²) in [7, 11) is 1.72. The normalized spacial score (nSPS) is 11.3. The van der Waals surface area contributed by atoms with Crippen LogP contribution in [0.15, 0.2) is 0 Å². The second-order valence-corrected chi connectivity index (χ2v) is 4.32. The minimum Gasteiger partial charge on any atom is -0.388 e. The van der Waals surface area contributed by atoms with Crippen LogP contribution < -0.4 is 5.73 Å². The molecule has 4 heteroatoms. The van der Waals surface area contributed by atoms with Gasteiger partial charge in [0.15, 0.2) is 0 Å². The van der Waals surface area contributed by atoms with Gasteiger partial charge < -0.3 is 15.4 Å². The minimum atomic E-state index is 0.274. The molecular formula is C11H25N3O. The average molecular weight is 215 g/mol. The number of hydrogen-bond donors (Lipinski definition) is 2. The van der Waals surface area contributed by atoms with Gasteiger partial charge in [-0.15, -0.1) is 0 Å². The van der Waals surface area contributed by atoms with Gasteiger partial charge in [0.1, 0.15) is 0 Å². The molecule has 0 aromatic heterocycles. The molecule has 0 spiro atoms. The van der Waals surface area contributed by atoms with Crippen LogP contribution >= 0.6 is 0 Å². The molecule has 0 aromatic rings. The van der Waals surface area contributed by atoms with Crippen LogP contribution in [0.2, 0.25) is 0 Å². The number of amidine groups is 1. The van der Waals surface area contributed by atoms with Crippen LogP contribution in [0.3, 0.4) is 0 Å². The Morgan fingerprint density at radius 2 is 2.07 bits per heavy atom. The Hall–Kier alpha value is -0.610. The number of rotatable bonds is 9. The van der Waals surface area contributed by atoms with Crippen molar-refractivity contribution >= 4 is 5.84 Å². The fourth-order valence-electron chi connectivity index (χ4n) is 1.52. The number of nitrogens with zero attached hydrogens (tertiary/aromatic N) is 1. The summed E-state index contributed by atoms with van der Waals surface area (Å²) in [6.07, 6.45) is 1.71. The molecule has 4 nitrogen and oxygen atoms in total. The molecule has 0 aliphatic heterocycles. The quantitative estimate of drug-likeness (QED) is 0.346. The van der Waals surface area contributed by atoms with Crippen LogP contribution in [-0.2, 0) is 4.74 Å². The molecule has 0 amide bonds. The van der Waals surface area contributed by atoms with E-state index in [9.17, 15) is 0 Å². The van der Waals surface area contributed by atoms with Gasteiger partial charge in [0.2, 0.25) is 0 Å². The van der Waals surface area contributed by atoms with Gasteiger partial charge in [0.25, 0.3) is 0 Å². The third-order valence-electron chi connectivity index (χ3n) is 2.14. The lowest BCUT2D eigenvalue weighted by Crippen LogP contribution is -2.32. The van der Waals surface area contributed by atoms with Gasteiger partial charge in [-0.2, -0.15) is 0 Å². The third kappa shape index (κ3) is 9.69. The zero-order chi connectivity index (χ0) is 11.7. The maximum absolute atomic E-state index is 7.21. The highest BCUT2D eigenvalue weighted by Crippen LogP contribution is 2.01. The molecule has 90 valence electrons. The van der Waals surface area contributed by atoms with Crippen molar-refractivity contribution in [1.82, 2.24) is 4.90 Å². The van der Waals surface area contributed by atoms with Crippen LogP contribution in [0.4, 0.5) is 0 Å². The largest absolute Gasteiger partial charge is 0.388 e. The standard InChI is InChI=1S/C11H25N3O/c1-10(2)9-14(6-4-8-15-3)7-5-11(12)13/h10H,4-9H2,1-3H3,(H3,12,13). The molecule has 15 heavy (non-hydrogen) atoms. The van der Waals surface area contributed by atoms with Crippen molar-refractivity contribution in [3.8, 4) is 0 Å². The molecule has 0 fully saturated rings. The summed E-state index contributed by atoms with van der Waals surface area (Å²) in [5.41, 5.74) is 5.36.